The largest absolute Gasteiger partial charge is 0.488 e. The second-order valence-corrected chi connectivity index (χ2v) is 10.6. The molecule has 0 unspecified atom stereocenters. The van der Waals surface area contributed by atoms with Crippen molar-refractivity contribution in [2.24, 2.45) is 0 Å². The molecule has 4 rings (SSSR count). The number of fused-ring (bicyclic) bond motifs is 1. The first-order chi connectivity index (χ1) is 20.7. The van der Waals surface area contributed by atoms with Crippen LogP contribution in [0.4, 0.5) is 18.9 Å². The lowest BCUT2D eigenvalue weighted by Crippen LogP contribution is -2.32. The number of hydrogen-bond donors (Lipinski definition) is 2. The molecule has 3 aromatic rings. The molecule has 1 atom stereocenters. The number of alkyl halides is 3. The topological polar surface area (TPSA) is 72.1 Å². The predicted molar refractivity (Wildman–Crippen MR) is 161 cm³/mol. The number of carbonyl (C=O) groups is 1. The Bertz CT molecular complexity index is 1320. The fourth-order valence-corrected chi connectivity index (χ4v) is 5.20. The van der Waals surface area contributed by atoms with Crippen molar-refractivity contribution in [1.82, 2.24) is 10.6 Å². The van der Waals surface area contributed by atoms with Gasteiger partial charge in [-0.15, -0.1) is 0 Å². The molecular weight excluding hydrogens is 559 g/mol. The number of halogens is 3. The van der Waals surface area contributed by atoms with E-state index >= 15 is 0 Å². The highest BCUT2D eigenvalue weighted by Crippen LogP contribution is 2.34. The van der Waals surface area contributed by atoms with Crippen LogP contribution in [-0.2, 0) is 24.2 Å². The molecule has 0 saturated heterocycles. The van der Waals surface area contributed by atoms with Crippen molar-refractivity contribution in [3.05, 3.63) is 89.0 Å². The van der Waals surface area contributed by atoms with Crippen molar-refractivity contribution >= 4 is 11.6 Å². The maximum atomic E-state index is 12.9. The van der Waals surface area contributed by atoms with Gasteiger partial charge >= 0.3 is 6.18 Å². The number of ether oxygens (including phenoxy) is 3. The van der Waals surface area contributed by atoms with Crippen molar-refractivity contribution in [3.8, 4) is 11.5 Å². The van der Waals surface area contributed by atoms with E-state index in [1.54, 1.807) is 25.2 Å². The lowest BCUT2D eigenvalue weighted by Gasteiger charge is -2.23. The van der Waals surface area contributed by atoms with Gasteiger partial charge in [-0.1, -0.05) is 48.5 Å². The number of benzene rings is 3. The van der Waals surface area contributed by atoms with Crippen LogP contribution in [0.3, 0.4) is 0 Å². The summed E-state index contributed by atoms with van der Waals surface area (Å²) in [6.45, 7) is 4.33. The zero-order valence-corrected chi connectivity index (χ0v) is 24.7. The van der Waals surface area contributed by atoms with E-state index in [1.807, 2.05) is 24.3 Å². The van der Waals surface area contributed by atoms with Crippen molar-refractivity contribution in [1.29, 1.82) is 0 Å². The van der Waals surface area contributed by atoms with Crippen LogP contribution in [0.15, 0.2) is 66.7 Å². The highest BCUT2D eigenvalue weighted by Gasteiger charge is 2.29. The minimum atomic E-state index is -4.42. The Balaban J connectivity index is 1.27. The van der Waals surface area contributed by atoms with E-state index in [0.29, 0.717) is 31.7 Å². The minimum Gasteiger partial charge on any atom is -0.488 e. The van der Waals surface area contributed by atoms with Crippen LogP contribution in [-0.4, -0.2) is 64.6 Å². The number of para-hydroxylation sites is 2. The molecule has 1 heterocycles. The monoisotopic (exact) mass is 599 g/mol. The van der Waals surface area contributed by atoms with Crippen LogP contribution in [0.25, 0.3) is 0 Å². The lowest BCUT2D eigenvalue weighted by atomic mass is 9.98. The van der Waals surface area contributed by atoms with Crippen LogP contribution in [0.5, 0.6) is 11.5 Å². The van der Waals surface area contributed by atoms with E-state index in [4.69, 9.17) is 14.2 Å². The molecule has 0 fully saturated rings. The van der Waals surface area contributed by atoms with Crippen molar-refractivity contribution in [3.63, 3.8) is 0 Å². The van der Waals surface area contributed by atoms with Crippen LogP contribution in [0.1, 0.15) is 40.4 Å². The van der Waals surface area contributed by atoms with Crippen LogP contribution < -0.4 is 25.0 Å². The van der Waals surface area contributed by atoms with Gasteiger partial charge in [0.25, 0.3) is 5.91 Å². The molecule has 43 heavy (non-hydrogen) atoms. The first-order valence-electron chi connectivity index (χ1n) is 14.6. The second-order valence-electron chi connectivity index (χ2n) is 10.6. The molecular formula is C33H40F3N3O4. The zero-order chi connectivity index (χ0) is 30.7. The average Bonchev–Trinajstić information content (AvgIpc) is 3.40. The normalized spacial score (nSPS) is 13.5. The Morgan fingerprint density at radius 2 is 1.70 bits per heavy atom. The van der Waals surface area contributed by atoms with Gasteiger partial charge in [-0.05, 0) is 61.1 Å². The standard InChI is InChI=1S/C33H40F3N3O4/c1-24(38-14-18-42-29-11-6-7-12-30(29)43-23-33(34,35)36)19-26-20-27-13-16-39(31(27)28(21-26)32(40)37-2)15-8-17-41-22-25-9-4-3-5-10-25/h3-7,9-12,20-21,24,38H,8,13-19,22-23H2,1-2H3,(H,37,40)/t24-/m1/s1. The third-order valence-corrected chi connectivity index (χ3v) is 7.15. The molecule has 3 aromatic carbocycles. The Morgan fingerprint density at radius 3 is 2.42 bits per heavy atom. The summed E-state index contributed by atoms with van der Waals surface area (Å²) in [7, 11) is 1.65. The molecule has 0 saturated carbocycles. The predicted octanol–water partition coefficient (Wildman–Crippen LogP) is 5.56. The fraction of sp³-hybridized carbons (Fsp3) is 0.424. The fourth-order valence-electron chi connectivity index (χ4n) is 5.20. The van der Waals surface area contributed by atoms with Gasteiger partial charge in [0, 0.05) is 39.3 Å². The number of nitrogens with zero attached hydrogens (tertiary/aromatic N) is 1. The number of nitrogens with one attached hydrogen (secondary N) is 2. The molecule has 2 N–H and O–H groups in total. The molecule has 1 aliphatic heterocycles. The van der Waals surface area contributed by atoms with E-state index in [0.717, 1.165) is 42.7 Å². The number of carbonyl (C=O) groups excluding carboxylic acids is 1. The summed E-state index contributed by atoms with van der Waals surface area (Å²) >= 11 is 0. The first kappa shape index (κ1) is 32.2. The molecule has 7 nitrogen and oxygen atoms in total. The van der Waals surface area contributed by atoms with Gasteiger partial charge in [0.15, 0.2) is 18.1 Å². The summed E-state index contributed by atoms with van der Waals surface area (Å²) < 4.78 is 54.1. The van der Waals surface area contributed by atoms with Crippen LogP contribution in [0, 0.1) is 0 Å². The molecule has 10 heteroatoms. The Hall–Kier alpha value is -3.76. The van der Waals surface area contributed by atoms with Gasteiger partial charge in [0.2, 0.25) is 0 Å². The van der Waals surface area contributed by atoms with Gasteiger partial charge in [0.05, 0.1) is 17.9 Å². The summed E-state index contributed by atoms with van der Waals surface area (Å²) in [6, 6.07) is 20.7. The van der Waals surface area contributed by atoms with E-state index in [9.17, 15) is 18.0 Å². The molecule has 0 aromatic heterocycles. The third-order valence-electron chi connectivity index (χ3n) is 7.15. The Kier molecular flexibility index (Phi) is 11.7. The van der Waals surface area contributed by atoms with Crippen molar-refractivity contribution in [2.75, 3.05) is 51.4 Å². The van der Waals surface area contributed by atoms with Gasteiger partial charge in [-0.2, -0.15) is 13.2 Å². The lowest BCUT2D eigenvalue weighted by molar-refractivity contribution is -0.153. The average molecular weight is 600 g/mol. The number of hydrogen-bond acceptors (Lipinski definition) is 6. The summed E-state index contributed by atoms with van der Waals surface area (Å²) in [6.07, 6.45) is -1.97. The second kappa shape index (κ2) is 15.6. The maximum absolute atomic E-state index is 12.9. The van der Waals surface area contributed by atoms with Gasteiger partial charge in [-0.25, -0.2) is 0 Å². The molecule has 0 bridgehead atoms. The summed E-state index contributed by atoms with van der Waals surface area (Å²) in [4.78, 5) is 15.2. The van der Waals surface area contributed by atoms with E-state index in [-0.39, 0.29) is 30.1 Å². The Morgan fingerprint density at radius 1 is 0.977 bits per heavy atom. The number of amides is 1. The molecule has 232 valence electrons. The maximum Gasteiger partial charge on any atom is 0.422 e. The molecule has 1 amide bonds. The van der Waals surface area contributed by atoms with Gasteiger partial charge < -0.3 is 29.7 Å². The van der Waals surface area contributed by atoms with E-state index in [1.165, 1.54) is 11.6 Å². The smallest absolute Gasteiger partial charge is 0.422 e. The first-order valence-corrected chi connectivity index (χ1v) is 14.6. The van der Waals surface area contributed by atoms with Gasteiger partial charge in [0.1, 0.15) is 6.61 Å². The van der Waals surface area contributed by atoms with E-state index < -0.39 is 12.8 Å². The summed E-state index contributed by atoms with van der Waals surface area (Å²) in [5, 5.41) is 6.19. The number of rotatable bonds is 16. The SMILES string of the molecule is CNC(=O)c1cc(C[C@@H](C)NCCOc2ccccc2OCC(F)(F)F)cc2c1N(CCCOCc1ccccc1)CC2. The van der Waals surface area contributed by atoms with Crippen LogP contribution >= 0.6 is 0 Å². The van der Waals surface area contributed by atoms with Gasteiger partial charge in [-0.3, -0.25) is 4.79 Å². The molecule has 0 aliphatic carbocycles. The molecule has 0 spiro atoms. The summed E-state index contributed by atoms with van der Waals surface area (Å²) in [5.41, 5.74) is 5.08. The van der Waals surface area contributed by atoms with Crippen LogP contribution in [0.2, 0.25) is 0 Å². The highest BCUT2D eigenvalue weighted by atomic mass is 19.4. The zero-order valence-electron chi connectivity index (χ0n) is 24.7. The third kappa shape index (κ3) is 9.90. The molecule has 0 radical (unpaired) electrons. The summed E-state index contributed by atoms with van der Waals surface area (Å²) in [5.74, 6) is 0.217. The number of anilines is 1. The highest BCUT2D eigenvalue weighted by molar-refractivity contribution is 6.01. The quantitative estimate of drug-likeness (QED) is 0.210. The molecule has 1 aliphatic rings. The van der Waals surface area contributed by atoms with Crippen molar-refractivity contribution in [2.45, 2.75) is 45.0 Å². The van der Waals surface area contributed by atoms with E-state index in [2.05, 4.69) is 40.7 Å². The Labute approximate surface area is 251 Å². The minimum absolute atomic E-state index is 0.0569. The van der Waals surface area contributed by atoms with Crippen molar-refractivity contribution < 1.29 is 32.2 Å².